The van der Waals surface area contributed by atoms with Gasteiger partial charge in [-0.1, -0.05) is 12.1 Å². The summed E-state index contributed by atoms with van der Waals surface area (Å²) in [5.41, 5.74) is 9.71. The minimum atomic E-state index is 0.285. The van der Waals surface area contributed by atoms with Gasteiger partial charge in [0, 0.05) is 43.3 Å². The molecular weight excluding hydrogens is 352 g/mol. The van der Waals surface area contributed by atoms with Gasteiger partial charge in [0.2, 0.25) is 0 Å². The van der Waals surface area contributed by atoms with Crippen LogP contribution in [-0.2, 0) is 6.54 Å². The first-order chi connectivity index (χ1) is 13.7. The molecule has 1 aliphatic rings. The Labute approximate surface area is 162 Å². The summed E-state index contributed by atoms with van der Waals surface area (Å²) in [6.07, 6.45) is 3.16. The lowest BCUT2D eigenvalue weighted by Crippen LogP contribution is -2.26. The summed E-state index contributed by atoms with van der Waals surface area (Å²) >= 11 is 0. The van der Waals surface area contributed by atoms with Crippen molar-refractivity contribution in [3.05, 3.63) is 54.2 Å². The molecule has 28 heavy (non-hydrogen) atoms. The third-order valence-corrected chi connectivity index (χ3v) is 5.31. The topological polar surface area (TPSA) is 81.6 Å². The molecule has 2 N–H and O–H groups in total. The van der Waals surface area contributed by atoms with E-state index in [0.29, 0.717) is 0 Å². The molecule has 1 fully saturated rings. The third kappa shape index (κ3) is 3.08. The molecule has 1 atom stereocenters. The second-order valence-electron chi connectivity index (χ2n) is 7.33. The first-order valence-corrected chi connectivity index (χ1v) is 9.46. The Kier molecular flexibility index (Phi) is 4.18. The van der Waals surface area contributed by atoms with Crippen LogP contribution in [0.3, 0.4) is 0 Å². The molecule has 4 heterocycles. The molecule has 0 amide bonds. The summed E-state index contributed by atoms with van der Waals surface area (Å²) in [5, 5.41) is 9.75. The van der Waals surface area contributed by atoms with Crippen LogP contribution in [0, 0.1) is 0 Å². The molecule has 1 aromatic carbocycles. The molecule has 1 aliphatic heterocycles. The zero-order valence-corrected chi connectivity index (χ0v) is 15.7. The van der Waals surface area contributed by atoms with Crippen molar-refractivity contribution in [2.24, 2.45) is 5.73 Å². The maximum Gasteiger partial charge on any atom is 0.187 e. The number of hydrogen-bond donors (Lipinski definition) is 1. The summed E-state index contributed by atoms with van der Waals surface area (Å²) in [5.74, 6) is 1.52. The summed E-state index contributed by atoms with van der Waals surface area (Å²) in [7, 11) is 1.66. The zero-order chi connectivity index (χ0) is 19.1. The van der Waals surface area contributed by atoms with Crippen molar-refractivity contribution >= 4 is 16.6 Å². The lowest BCUT2D eigenvalue weighted by molar-refractivity contribution is 0.326. The van der Waals surface area contributed by atoms with Crippen molar-refractivity contribution in [3.8, 4) is 17.3 Å². The molecule has 0 bridgehead atoms. The molecular formula is C21H22N6O. The predicted octanol–water partition coefficient (Wildman–Crippen LogP) is 2.49. The van der Waals surface area contributed by atoms with E-state index in [2.05, 4.69) is 27.4 Å². The highest BCUT2D eigenvalue weighted by atomic mass is 16.5. The van der Waals surface area contributed by atoms with E-state index in [1.165, 1.54) is 5.56 Å². The first-order valence-electron chi connectivity index (χ1n) is 9.46. The number of methoxy groups -OCH3 is 1. The maximum absolute atomic E-state index is 6.03. The molecule has 0 aliphatic carbocycles. The molecule has 1 saturated heterocycles. The zero-order valence-electron chi connectivity index (χ0n) is 15.7. The van der Waals surface area contributed by atoms with Crippen molar-refractivity contribution in [2.45, 2.75) is 19.0 Å². The van der Waals surface area contributed by atoms with Gasteiger partial charge in [0.1, 0.15) is 11.4 Å². The highest BCUT2D eigenvalue weighted by Gasteiger charge is 2.19. The minimum absolute atomic E-state index is 0.285. The lowest BCUT2D eigenvalue weighted by atomic mass is 10.2. The van der Waals surface area contributed by atoms with Gasteiger partial charge in [-0.2, -0.15) is 0 Å². The number of ether oxygens (including phenoxy) is 1. The van der Waals surface area contributed by atoms with Gasteiger partial charge in [0.05, 0.1) is 12.6 Å². The van der Waals surface area contributed by atoms with Crippen LogP contribution in [0.15, 0.2) is 48.7 Å². The lowest BCUT2D eigenvalue weighted by Gasteiger charge is -2.15. The van der Waals surface area contributed by atoms with E-state index in [-0.39, 0.29) is 6.04 Å². The highest BCUT2D eigenvalue weighted by molar-refractivity contribution is 5.82. The van der Waals surface area contributed by atoms with Crippen molar-refractivity contribution in [1.82, 2.24) is 24.5 Å². The Hall–Kier alpha value is -3.03. The summed E-state index contributed by atoms with van der Waals surface area (Å²) in [4.78, 5) is 7.17. The van der Waals surface area contributed by atoms with E-state index in [1.807, 2.05) is 40.8 Å². The van der Waals surface area contributed by atoms with Gasteiger partial charge < -0.3 is 10.5 Å². The quantitative estimate of drug-likeness (QED) is 0.591. The van der Waals surface area contributed by atoms with Crippen molar-refractivity contribution in [2.75, 3.05) is 20.2 Å². The van der Waals surface area contributed by atoms with Gasteiger partial charge in [-0.05, 0) is 36.2 Å². The number of rotatable bonds is 4. The smallest absolute Gasteiger partial charge is 0.187 e. The largest absolute Gasteiger partial charge is 0.497 e. The third-order valence-electron chi connectivity index (χ3n) is 5.31. The van der Waals surface area contributed by atoms with Crippen LogP contribution in [0.1, 0.15) is 12.0 Å². The Morgan fingerprint density at radius 3 is 2.86 bits per heavy atom. The van der Waals surface area contributed by atoms with Crippen LogP contribution in [0.4, 0.5) is 0 Å². The molecule has 4 aromatic rings. The Balaban J connectivity index is 1.53. The first kappa shape index (κ1) is 17.1. The Bertz CT molecular complexity index is 1150. The van der Waals surface area contributed by atoms with E-state index in [4.69, 9.17) is 15.5 Å². The number of fused-ring (bicyclic) bond motifs is 2. The van der Waals surface area contributed by atoms with Gasteiger partial charge in [-0.25, -0.2) is 4.98 Å². The monoisotopic (exact) mass is 374 g/mol. The maximum atomic E-state index is 6.03. The van der Waals surface area contributed by atoms with Crippen molar-refractivity contribution < 1.29 is 4.74 Å². The second kappa shape index (κ2) is 6.85. The molecule has 5 rings (SSSR count). The van der Waals surface area contributed by atoms with E-state index >= 15 is 0 Å². The minimum Gasteiger partial charge on any atom is -0.497 e. The van der Waals surface area contributed by atoms with Crippen LogP contribution >= 0.6 is 0 Å². The summed E-state index contributed by atoms with van der Waals surface area (Å²) < 4.78 is 7.34. The van der Waals surface area contributed by atoms with Crippen LogP contribution in [0.25, 0.3) is 28.1 Å². The van der Waals surface area contributed by atoms with E-state index in [0.717, 1.165) is 59.9 Å². The average molecular weight is 374 g/mol. The fraction of sp³-hybridized carbons (Fsp3) is 0.286. The molecule has 0 spiro atoms. The fourth-order valence-corrected chi connectivity index (χ4v) is 3.82. The second-order valence-corrected chi connectivity index (χ2v) is 7.33. The van der Waals surface area contributed by atoms with Gasteiger partial charge in [0.25, 0.3) is 0 Å². The Morgan fingerprint density at radius 2 is 2.04 bits per heavy atom. The Morgan fingerprint density at radius 1 is 1.14 bits per heavy atom. The van der Waals surface area contributed by atoms with E-state index in [9.17, 15) is 0 Å². The van der Waals surface area contributed by atoms with E-state index < -0.39 is 0 Å². The SMILES string of the molecule is COc1ccc2ccc(-c3nnc4ccc(CN5CCC(N)C5)cn34)nc2c1. The molecule has 7 nitrogen and oxygen atoms in total. The fourth-order valence-electron chi connectivity index (χ4n) is 3.82. The summed E-state index contributed by atoms with van der Waals surface area (Å²) in [6, 6.07) is 14.3. The van der Waals surface area contributed by atoms with Gasteiger partial charge >= 0.3 is 0 Å². The number of hydrogen-bond acceptors (Lipinski definition) is 6. The standard InChI is InChI=1S/C21H22N6O/c1-28-17-5-3-15-4-6-18(23-19(15)10-17)21-25-24-20-7-2-14(12-27(20)21)11-26-9-8-16(22)13-26/h2-7,10,12,16H,8-9,11,13,22H2,1H3. The number of likely N-dealkylation sites (tertiary alicyclic amines) is 1. The molecule has 142 valence electrons. The normalized spacial score (nSPS) is 17.6. The van der Waals surface area contributed by atoms with Crippen LogP contribution in [0.2, 0.25) is 0 Å². The number of nitrogens with zero attached hydrogens (tertiary/aromatic N) is 5. The van der Waals surface area contributed by atoms with Gasteiger partial charge in [0.15, 0.2) is 11.5 Å². The predicted molar refractivity (Wildman–Crippen MR) is 108 cm³/mol. The molecule has 3 aromatic heterocycles. The number of pyridine rings is 2. The molecule has 7 heteroatoms. The van der Waals surface area contributed by atoms with Crippen LogP contribution in [0.5, 0.6) is 5.75 Å². The average Bonchev–Trinajstić information content (AvgIpc) is 3.32. The number of nitrogens with two attached hydrogens (primary N) is 1. The van der Waals surface area contributed by atoms with Crippen LogP contribution < -0.4 is 10.5 Å². The van der Waals surface area contributed by atoms with Crippen molar-refractivity contribution in [3.63, 3.8) is 0 Å². The number of aromatic nitrogens is 4. The molecule has 1 unspecified atom stereocenters. The van der Waals surface area contributed by atoms with Crippen LogP contribution in [-0.4, -0.2) is 50.7 Å². The summed E-state index contributed by atoms with van der Waals surface area (Å²) in [6.45, 7) is 2.87. The van der Waals surface area contributed by atoms with Gasteiger partial charge in [-0.15, -0.1) is 10.2 Å². The highest BCUT2D eigenvalue weighted by Crippen LogP contribution is 2.24. The number of benzene rings is 1. The molecule has 0 saturated carbocycles. The van der Waals surface area contributed by atoms with Gasteiger partial charge in [-0.3, -0.25) is 9.30 Å². The van der Waals surface area contributed by atoms with Crippen molar-refractivity contribution in [1.29, 1.82) is 0 Å². The molecule has 0 radical (unpaired) electrons. The van der Waals surface area contributed by atoms with E-state index in [1.54, 1.807) is 7.11 Å².